The van der Waals surface area contributed by atoms with Crippen LogP contribution in [0.4, 0.5) is 13.2 Å². The molecule has 2 fully saturated rings. The summed E-state index contributed by atoms with van der Waals surface area (Å²) in [7, 11) is 0. The third-order valence-corrected chi connectivity index (χ3v) is 6.27. The minimum absolute atomic E-state index is 0.0547. The van der Waals surface area contributed by atoms with Crippen molar-refractivity contribution in [1.82, 2.24) is 15.5 Å². The summed E-state index contributed by atoms with van der Waals surface area (Å²) >= 11 is 0. The van der Waals surface area contributed by atoms with Crippen LogP contribution in [-0.4, -0.2) is 60.2 Å². The van der Waals surface area contributed by atoms with E-state index in [0.29, 0.717) is 18.7 Å². The third-order valence-electron chi connectivity index (χ3n) is 6.27. The van der Waals surface area contributed by atoms with E-state index in [9.17, 15) is 27.9 Å². The van der Waals surface area contributed by atoms with Gasteiger partial charge in [-0.05, 0) is 62.1 Å². The standard InChI is InChI=1S/C21H28F3N3O3/c1-14-2-3-15(10-17(14)28)19(30)27-9-8-20(13-27)6-4-16(5-7-20)25-11-18(29)26-12-21(22,23)24/h2-3,10,16,25,28H,4-9,11-13H2,1H3,(H,26,29). The molecule has 0 aromatic heterocycles. The molecule has 0 atom stereocenters. The Balaban J connectivity index is 1.45. The normalized spacial score (nSPS) is 24.3. The number of likely N-dealkylation sites (tertiary alicyclic amines) is 1. The summed E-state index contributed by atoms with van der Waals surface area (Å²) in [5.41, 5.74) is 1.26. The molecule has 1 saturated heterocycles. The smallest absolute Gasteiger partial charge is 0.405 e. The van der Waals surface area contributed by atoms with E-state index in [2.05, 4.69) is 5.32 Å². The number of carbonyl (C=O) groups excluding carboxylic acids is 2. The lowest BCUT2D eigenvalue weighted by molar-refractivity contribution is -0.138. The Morgan fingerprint density at radius 1 is 1.23 bits per heavy atom. The molecule has 1 aromatic rings. The Morgan fingerprint density at radius 2 is 1.93 bits per heavy atom. The van der Waals surface area contributed by atoms with E-state index in [0.717, 1.165) is 37.7 Å². The Hall–Kier alpha value is -2.29. The number of alkyl halides is 3. The number of phenols is 1. The fourth-order valence-electron chi connectivity index (χ4n) is 4.37. The molecule has 166 valence electrons. The Bertz CT molecular complexity index is 789. The van der Waals surface area contributed by atoms with Gasteiger partial charge in [-0.2, -0.15) is 13.2 Å². The molecule has 0 unspecified atom stereocenters. The van der Waals surface area contributed by atoms with Crippen LogP contribution in [0.2, 0.25) is 0 Å². The molecule has 1 heterocycles. The number of benzene rings is 1. The molecule has 30 heavy (non-hydrogen) atoms. The van der Waals surface area contributed by atoms with Crippen molar-refractivity contribution in [2.24, 2.45) is 5.41 Å². The monoisotopic (exact) mass is 427 g/mol. The zero-order chi connectivity index (χ0) is 21.9. The predicted molar refractivity (Wildman–Crippen MR) is 105 cm³/mol. The SMILES string of the molecule is Cc1ccc(C(=O)N2CCC3(CCC(NCC(=O)NCC(F)(F)F)CC3)C2)cc1O. The molecule has 6 nitrogen and oxygen atoms in total. The Morgan fingerprint density at radius 3 is 2.57 bits per heavy atom. The number of nitrogens with one attached hydrogen (secondary N) is 2. The fraction of sp³-hybridized carbons (Fsp3) is 0.619. The first kappa shape index (κ1) is 22.4. The van der Waals surface area contributed by atoms with Gasteiger partial charge in [0.25, 0.3) is 5.91 Å². The highest BCUT2D eigenvalue weighted by Crippen LogP contribution is 2.44. The largest absolute Gasteiger partial charge is 0.508 e. The second-order valence-corrected chi connectivity index (χ2v) is 8.53. The maximum absolute atomic E-state index is 12.8. The maximum atomic E-state index is 12.8. The van der Waals surface area contributed by atoms with Crippen LogP contribution in [0, 0.1) is 12.3 Å². The quantitative estimate of drug-likeness (QED) is 0.675. The van der Waals surface area contributed by atoms with Crippen LogP contribution in [0.5, 0.6) is 5.75 Å². The van der Waals surface area contributed by atoms with Gasteiger partial charge in [0.2, 0.25) is 5.91 Å². The number of hydrogen-bond donors (Lipinski definition) is 3. The molecule has 3 N–H and O–H groups in total. The van der Waals surface area contributed by atoms with E-state index < -0.39 is 18.6 Å². The summed E-state index contributed by atoms with van der Waals surface area (Å²) in [4.78, 5) is 26.2. The van der Waals surface area contributed by atoms with E-state index >= 15 is 0 Å². The number of nitrogens with zero attached hydrogens (tertiary/aromatic N) is 1. The first-order chi connectivity index (χ1) is 14.1. The van der Waals surface area contributed by atoms with Crippen molar-refractivity contribution in [3.63, 3.8) is 0 Å². The third kappa shape index (κ3) is 5.65. The average molecular weight is 427 g/mol. The van der Waals surface area contributed by atoms with Crippen molar-refractivity contribution in [3.8, 4) is 5.75 Å². The number of aryl methyl sites for hydroxylation is 1. The molecule has 1 saturated carbocycles. The molecule has 2 aliphatic rings. The number of halogens is 3. The van der Waals surface area contributed by atoms with Crippen molar-refractivity contribution < 1.29 is 27.9 Å². The van der Waals surface area contributed by atoms with Crippen LogP contribution in [0.25, 0.3) is 0 Å². The number of carbonyl (C=O) groups is 2. The lowest BCUT2D eigenvalue weighted by atomic mass is 9.72. The van der Waals surface area contributed by atoms with Gasteiger partial charge in [-0.25, -0.2) is 0 Å². The molecule has 9 heteroatoms. The maximum Gasteiger partial charge on any atom is 0.405 e. The number of aromatic hydroxyl groups is 1. The minimum atomic E-state index is -4.41. The highest BCUT2D eigenvalue weighted by Gasteiger charge is 2.42. The van der Waals surface area contributed by atoms with Gasteiger partial charge in [-0.1, -0.05) is 6.07 Å². The van der Waals surface area contributed by atoms with Gasteiger partial charge in [0.1, 0.15) is 12.3 Å². The number of hydrogen-bond acceptors (Lipinski definition) is 4. The van der Waals surface area contributed by atoms with Crippen molar-refractivity contribution in [3.05, 3.63) is 29.3 Å². The van der Waals surface area contributed by atoms with Gasteiger partial charge in [0.15, 0.2) is 0 Å². The summed E-state index contributed by atoms with van der Waals surface area (Å²) in [6.45, 7) is 1.67. The van der Waals surface area contributed by atoms with Crippen molar-refractivity contribution in [2.75, 3.05) is 26.2 Å². The second kappa shape index (κ2) is 8.83. The molecule has 0 bridgehead atoms. The summed E-state index contributed by atoms with van der Waals surface area (Å²) in [5, 5.41) is 14.8. The molecule has 0 radical (unpaired) electrons. The van der Waals surface area contributed by atoms with E-state index in [1.165, 1.54) is 6.07 Å². The number of rotatable bonds is 5. The highest BCUT2D eigenvalue weighted by molar-refractivity contribution is 5.95. The van der Waals surface area contributed by atoms with Gasteiger partial charge < -0.3 is 20.6 Å². The average Bonchev–Trinajstić information content (AvgIpc) is 3.10. The molecule has 1 aromatic carbocycles. The van der Waals surface area contributed by atoms with Gasteiger partial charge in [0, 0.05) is 24.7 Å². The summed E-state index contributed by atoms with van der Waals surface area (Å²) < 4.78 is 36.4. The van der Waals surface area contributed by atoms with Crippen molar-refractivity contribution in [2.45, 2.75) is 51.2 Å². The van der Waals surface area contributed by atoms with E-state index in [-0.39, 0.29) is 29.7 Å². The highest BCUT2D eigenvalue weighted by atomic mass is 19.4. The number of phenolic OH excluding ortho intramolecular Hbond substituents is 1. The van der Waals surface area contributed by atoms with Crippen molar-refractivity contribution in [1.29, 1.82) is 0 Å². The molecular weight excluding hydrogens is 399 g/mol. The lowest BCUT2D eigenvalue weighted by Gasteiger charge is -2.37. The van der Waals surface area contributed by atoms with Crippen LogP contribution in [0.15, 0.2) is 18.2 Å². The number of amides is 2. The van der Waals surface area contributed by atoms with E-state index in [1.54, 1.807) is 19.1 Å². The topological polar surface area (TPSA) is 81.7 Å². The summed E-state index contributed by atoms with van der Waals surface area (Å²) in [5.74, 6) is -0.629. The van der Waals surface area contributed by atoms with E-state index in [1.807, 2.05) is 10.2 Å². The molecule has 2 amide bonds. The molecule has 3 rings (SSSR count). The minimum Gasteiger partial charge on any atom is -0.508 e. The Kier molecular flexibility index (Phi) is 6.59. The second-order valence-electron chi connectivity index (χ2n) is 8.53. The van der Waals surface area contributed by atoms with Gasteiger partial charge >= 0.3 is 6.18 Å². The summed E-state index contributed by atoms with van der Waals surface area (Å²) in [6, 6.07) is 5.06. The first-order valence-corrected chi connectivity index (χ1v) is 10.2. The van der Waals surface area contributed by atoms with Gasteiger partial charge in [-0.15, -0.1) is 0 Å². The molecule has 1 spiro atoms. The van der Waals surface area contributed by atoms with Gasteiger partial charge in [0.05, 0.1) is 6.54 Å². The predicted octanol–water partition coefficient (Wildman–Crippen LogP) is 2.74. The fourth-order valence-corrected chi connectivity index (χ4v) is 4.37. The van der Waals surface area contributed by atoms with Crippen LogP contribution in [-0.2, 0) is 4.79 Å². The lowest BCUT2D eigenvalue weighted by Crippen LogP contribution is -2.45. The first-order valence-electron chi connectivity index (χ1n) is 10.2. The van der Waals surface area contributed by atoms with Crippen LogP contribution in [0.1, 0.15) is 48.0 Å². The van der Waals surface area contributed by atoms with Crippen molar-refractivity contribution >= 4 is 11.8 Å². The van der Waals surface area contributed by atoms with Crippen LogP contribution in [0.3, 0.4) is 0 Å². The molecular formula is C21H28F3N3O3. The summed E-state index contributed by atoms with van der Waals surface area (Å²) in [6.07, 6.45) is -0.0549. The molecule has 1 aliphatic heterocycles. The van der Waals surface area contributed by atoms with E-state index in [4.69, 9.17) is 0 Å². The molecule has 1 aliphatic carbocycles. The van der Waals surface area contributed by atoms with Gasteiger partial charge in [-0.3, -0.25) is 9.59 Å². The zero-order valence-corrected chi connectivity index (χ0v) is 17.0. The van der Waals surface area contributed by atoms with Crippen LogP contribution < -0.4 is 10.6 Å². The zero-order valence-electron chi connectivity index (χ0n) is 17.0. The Labute approximate surface area is 173 Å². The van der Waals surface area contributed by atoms with Crippen LogP contribution >= 0.6 is 0 Å².